The lowest BCUT2D eigenvalue weighted by Gasteiger charge is -2.29. The van der Waals surface area contributed by atoms with Gasteiger partial charge in [-0.05, 0) is 36.8 Å². The number of hydrogen-bond donors (Lipinski definition) is 0. The molecule has 1 aromatic heterocycles. The third-order valence-corrected chi connectivity index (χ3v) is 11.3. The minimum atomic E-state index is -3.81. The summed E-state index contributed by atoms with van der Waals surface area (Å²) in [5.74, 6) is 0.692. The number of aryl methyl sites for hydroxylation is 1. The van der Waals surface area contributed by atoms with Gasteiger partial charge in [0.1, 0.15) is 13.8 Å². The van der Waals surface area contributed by atoms with Gasteiger partial charge < -0.3 is 4.42 Å². The van der Waals surface area contributed by atoms with Crippen LogP contribution in [0.2, 0.25) is 13.1 Å². The van der Waals surface area contributed by atoms with E-state index in [0.29, 0.717) is 5.76 Å². The van der Waals surface area contributed by atoms with Crippen LogP contribution in [0, 0.1) is 6.92 Å². The first-order chi connectivity index (χ1) is 16.3. The molecule has 4 nitrogen and oxygen atoms in total. The monoisotopic (exact) mass is 487 g/mol. The van der Waals surface area contributed by atoms with Crippen LogP contribution in [0.5, 0.6) is 0 Å². The molecule has 4 rings (SSSR count). The van der Waals surface area contributed by atoms with Gasteiger partial charge in [0.2, 0.25) is 0 Å². The summed E-state index contributed by atoms with van der Waals surface area (Å²) in [6, 6.07) is 30.7. The van der Waals surface area contributed by atoms with E-state index in [1.54, 1.807) is 24.6 Å². The van der Waals surface area contributed by atoms with Crippen LogP contribution in [0.4, 0.5) is 0 Å². The maximum Gasteiger partial charge on any atom is 0.264 e. The van der Waals surface area contributed by atoms with Crippen LogP contribution >= 0.6 is 0 Å². The number of sulfonamides is 1. The van der Waals surface area contributed by atoms with Crippen molar-refractivity contribution in [2.45, 2.75) is 31.5 Å². The number of rotatable bonds is 8. The molecule has 4 aromatic rings. The van der Waals surface area contributed by atoms with E-state index >= 15 is 0 Å². The zero-order valence-corrected chi connectivity index (χ0v) is 21.5. The van der Waals surface area contributed by atoms with Gasteiger partial charge in [0.05, 0.1) is 17.7 Å². The highest BCUT2D eigenvalue weighted by atomic mass is 32.2. The maximum absolute atomic E-state index is 13.9. The van der Waals surface area contributed by atoms with Gasteiger partial charge in [0.15, 0.2) is 0 Å². The molecule has 0 unspecified atom stereocenters. The molecule has 0 fully saturated rings. The summed E-state index contributed by atoms with van der Waals surface area (Å²) in [5.41, 5.74) is 1.92. The molecule has 174 valence electrons. The van der Waals surface area contributed by atoms with Crippen LogP contribution in [0.1, 0.15) is 16.9 Å². The Labute approximate surface area is 203 Å². The first-order valence-corrected chi connectivity index (χ1v) is 15.7. The van der Waals surface area contributed by atoms with Crippen molar-refractivity contribution in [1.29, 1.82) is 0 Å². The largest absolute Gasteiger partial charge is 0.465 e. The van der Waals surface area contributed by atoms with Gasteiger partial charge in [-0.3, -0.25) is 4.31 Å². The van der Waals surface area contributed by atoms with Crippen molar-refractivity contribution in [3.05, 3.63) is 126 Å². The molecule has 0 saturated carbocycles. The summed E-state index contributed by atoms with van der Waals surface area (Å²) in [6.45, 7) is 6.60. The highest BCUT2D eigenvalue weighted by Gasteiger charge is 2.33. The first-order valence-electron chi connectivity index (χ1n) is 11.2. The third kappa shape index (κ3) is 5.08. The van der Waals surface area contributed by atoms with Crippen molar-refractivity contribution < 1.29 is 12.8 Å². The molecule has 0 saturated heterocycles. The van der Waals surface area contributed by atoms with E-state index in [1.807, 2.05) is 79.7 Å². The zero-order chi connectivity index (χ0) is 24.2. The quantitative estimate of drug-likeness (QED) is 0.288. The summed E-state index contributed by atoms with van der Waals surface area (Å²) in [6.07, 6.45) is 3.43. The highest BCUT2D eigenvalue weighted by molar-refractivity contribution is 7.89. The SMILES string of the molecule is Cc1ccc(S(=O)(=O)N(/C=C(\c2ccco2)[Si](C)(C)c2ccccc2)Cc2ccccc2)cc1. The Morgan fingerprint density at radius 1 is 0.853 bits per heavy atom. The Kier molecular flexibility index (Phi) is 6.91. The summed E-state index contributed by atoms with van der Waals surface area (Å²) in [5, 5.41) is 2.11. The Morgan fingerprint density at radius 3 is 2.06 bits per heavy atom. The van der Waals surface area contributed by atoms with Crippen molar-refractivity contribution in [2.24, 2.45) is 0 Å². The lowest BCUT2D eigenvalue weighted by atomic mass is 10.2. The van der Waals surface area contributed by atoms with E-state index in [-0.39, 0.29) is 11.4 Å². The van der Waals surface area contributed by atoms with Crippen molar-refractivity contribution >= 4 is 28.5 Å². The molecule has 0 aliphatic heterocycles. The van der Waals surface area contributed by atoms with E-state index in [1.165, 1.54) is 9.49 Å². The molecular weight excluding hydrogens is 458 g/mol. The molecule has 0 aliphatic carbocycles. The van der Waals surface area contributed by atoms with Crippen LogP contribution in [0.3, 0.4) is 0 Å². The van der Waals surface area contributed by atoms with Gasteiger partial charge in [-0.2, -0.15) is 0 Å². The van der Waals surface area contributed by atoms with E-state index < -0.39 is 18.1 Å². The molecule has 0 amide bonds. The second-order valence-corrected chi connectivity index (χ2v) is 15.1. The second-order valence-electron chi connectivity index (χ2n) is 8.86. The number of benzene rings is 3. The van der Waals surface area contributed by atoms with Crippen molar-refractivity contribution in [1.82, 2.24) is 4.31 Å². The summed E-state index contributed by atoms with van der Waals surface area (Å²) < 4.78 is 35.1. The van der Waals surface area contributed by atoms with Crippen molar-refractivity contribution in [3.63, 3.8) is 0 Å². The minimum Gasteiger partial charge on any atom is -0.465 e. The molecule has 0 radical (unpaired) electrons. The van der Waals surface area contributed by atoms with Crippen molar-refractivity contribution in [3.8, 4) is 0 Å². The predicted octanol–water partition coefficient (Wildman–Crippen LogP) is 5.97. The lowest BCUT2D eigenvalue weighted by molar-refractivity contribution is 0.494. The smallest absolute Gasteiger partial charge is 0.264 e. The molecule has 0 atom stereocenters. The molecule has 0 aliphatic rings. The number of furan rings is 1. The highest BCUT2D eigenvalue weighted by Crippen LogP contribution is 2.30. The molecule has 0 bridgehead atoms. The van der Waals surface area contributed by atoms with Crippen LogP contribution in [0.15, 0.2) is 119 Å². The summed E-state index contributed by atoms with van der Waals surface area (Å²) in [7, 11) is -6.13. The second kappa shape index (κ2) is 9.87. The van der Waals surface area contributed by atoms with E-state index in [2.05, 4.69) is 25.2 Å². The standard InChI is InChI=1S/C28H29NO3SSi/c1-23-16-18-25(19-17-23)33(30,31)29(21-24-11-6-4-7-12-24)22-28(27-15-10-20-32-27)34(2,3)26-13-8-5-9-14-26/h4-20,22H,21H2,1-3H3/b28-22+. The van der Waals surface area contributed by atoms with Crippen LogP contribution in [0.25, 0.3) is 5.20 Å². The fourth-order valence-corrected chi connectivity index (χ4v) is 7.91. The fourth-order valence-electron chi connectivity index (χ4n) is 3.93. The van der Waals surface area contributed by atoms with Gasteiger partial charge in [-0.15, -0.1) is 0 Å². The Morgan fingerprint density at radius 2 is 1.47 bits per heavy atom. The predicted molar refractivity (Wildman–Crippen MR) is 141 cm³/mol. The molecule has 3 aromatic carbocycles. The lowest BCUT2D eigenvalue weighted by Crippen LogP contribution is -2.43. The van der Waals surface area contributed by atoms with Gasteiger partial charge in [-0.25, -0.2) is 8.42 Å². The average molecular weight is 488 g/mol. The molecule has 0 spiro atoms. The Balaban J connectivity index is 1.89. The fraction of sp³-hybridized carbons (Fsp3) is 0.143. The van der Waals surface area contributed by atoms with Crippen LogP contribution < -0.4 is 5.19 Å². The number of nitrogens with zero attached hydrogens (tertiary/aromatic N) is 1. The van der Waals surface area contributed by atoms with E-state index in [9.17, 15) is 8.42 Å². The Hall–Kier alpha value is -3.35. The summed E-state index contributed by atoms with van der Waals surface area (Å²) in [4.78, 5) is 0.267. The van der Waals surface area contributed by atoms with Gasteiger partial charge >= 0.3 is 0 Å². The third-order valence-electron chi connectivity index (χ3n) is 6.04. The van der Waals surface area contributed by atoms with Crippen LogP contribution in [-0.4, -0.2) is 20.8 Å². The topological polar surface area (TPSA) is 50.5 Å². The Bertz CT molecular complexity index is 1350. The normalized spacial score (nSPS) is 12.5. The molecule has 6 heteroatoms. The van der Waals surface area contributed by atoms with Crippen LogP contribution in [-0.2, 0) is 16.6 Å². The zero-order valence-electron chi connectivity index (χ0n) is 19.7. The van der Waals surface area contributed by atoms with Crippen molar-refractivity contribution in [2.75, 3.05) is 0 Å². The average Bonchev–Trinajstić information content (AvgIpc) is 3.37. The minimum absolute atomic E-state index is 0.223. The van der Waals surface area contributed by atoms with Gasteiger partial charge in [0.25, 0.3) is 10.0 Å². The molecule has 34 heavy (non-hydrogen) atoms. The van der Waals surface area contributed by atoms with E-state index in [0.717, 1.165) is 16.3 Å². The van der Waals surface area contributed by atoms with Gasteiger partial charge in [-0.1, -0.05) is 96.6 Å². The van der Waals surface area contributed by atoms with E-state index in [4.69, 9.17) is 4.42 Å². The molecule has 1 heterocycles. The molecule has 0 N–H and O–H groups in total. The van der Waals surface area contributed by atoms with Gasteiger partial charge in [0, 0.05) is 11.4 Å². The molecular formula is C28H29NO3SSi. The maximum atomic E-state index is 13.9. The summed E-state index contributed by atoms with van der Waals surface area (Å²) >= 11 is 0. The number of hydrogen-bond acceptors (Lipinski definition) is 3. The first kappa shape index (κ1) is 23.8.